The summed E-state index contributed by atoms with van der Waals surface area (Å²) in [5.74, 6) is -0.171. The second-order valence-electron chi connectivity index (χ2n) is 7.65. The fraction of sp³-hybridized carbons (Fsp3) is 0.318. The van der Waals surface area contributed by atoms with E-state index in [4.69, 9.17) is 0 Å². The summed E-state index contributed by atoms with van der Waals surface area (Å²) in [5.41, 5.74) is 1.88. The summed E-state index contributed by atoms with van der Waals surface area (Å²) < 4.78 is 15.1. The number of anilines is 1. The Kier molecular flexibility index (Phi) is 5.45. The number of hydrogen-bond donors (Lipinski definition) is 0. The van der Waals surface area contributed by atoms with Crippen LogP contribution in [-0.2, 0) is 6.54 Å². The van der Waals surface area contributed by atoms with Crippen molar-refractivity contribution in [3.63, 3.8) is 0 Å². The predicted molar refractivity (Wildman–Crippen MR) is 123 cm³/mol. The molecule has 0 spiro atoms. The minimum absolute atomic E-state index is 0.0786. The zero-order chi connectivity index (χ0) is 21.4. The molecule has 0 unspecified atom stereocenters. The number of thiazole rings is 1. The van der Waals surface area contributed by atoms with Gasteiger partial charge in [0.2, 0.25) is 0 Å². The lowest BCUT2D eigenvalue weighted by Gasteiger charge is -2.21. The third kappa shape index (κ3) is 4.07. The first-order valence-electron chi connectivity index (χ1n) is 10.2. The molecule has 1 aromatic carbocycles. The van der Waals surface area contributed by atoms with Gasteiger partial charge in [-0.2, -0.15) is 5.10 Å². The van der Waals surface area contributed by atoms with Crippen molar-refractivity contribution in [2.75, 3.05) is 31.1 Å². The molecule has 1 amide bonds. The van der Waals surface area contributed by atoms with Crippen LogP contribution in [0, 0.1) is 12.7 Å². The van der Waals surface area contributed by atoms with Gasteiger partial charge >= 0.3 is 0 Å². The maximum atomic E-state index is 13.3. The van der Waals surface area contributed by atoms with Crippen LogP contribution in [0.15, 0.2) is 41.9 Å². The first kappa shape index (κ1) is 20.1. The number of hydrogen-bond acceptors (Lipinski definition) is 6. The molecule has 0 radical (unpaired) electrons. The lowest BCUT2D eigenvalue weighted by atomic mass is 10.2. The Labute approximate surface area is 187 Å². The van der Waals surface area contributed by atoms with Crippen LogP contribution in [0.25, 0.3) is 10.2 Å². The molecule has 1 aliphatic rings. The number of rotatable bonds is 4. The van der Waals surface area contributed by atoms with E-state index in [0.29, 0.717) is 13.1 Å². The lowest BCUT2D eigenvalue weighted by Crippen LogP contribution is -2.34. The number of amides is 1. The highest BCUT2D eigenvalue weighted by atomic mass is 32.1. The third-order valence-corrected chi connectivity index (χ3v) is 7.51. The Morgan fingerprint density at radius 1 is 1.16 bits per heavy atom. The summed E-state index contributed by atoms with van der Waals surface area (Å²) in [5, 5.41) is 8.64. The van der Waals surface area contributed by atoms with Crippen LogP contribution in [0.1, 0.15) is 27.3 Å². The van der Waals surface area contributed by atoms with E-state index in [1.807, 2.05) is 34.1 Å². The van der Waals surface area contributed by atoms with Crippen LogP contribution >= 0.6 is 22.7 Å². The van der Waals surface area contributed by atoms with Gasteiger partial charge in [-0.25, -0.2) is 9.37 Å². The van der Waals surface area contributed by atoms with E-state index in [-0.39, 0.29) is 11.7 Å². The number of benzene rings is 1. The van der Waals surface area contributed by atoms with E-state index in [1.165, 1.54) is 23.5 Å². The van der Waals surface area contributed by atoms with Crippen LogP contribution < -0.4 is 4.90 Å². The van der Waals surface area contributed by atoms with Crippen LogP contribution in [0.3, 0.4) is 0 Å². The Morgan fingerprint density at radius 3 is 2.77 bits per heavy atom. The zero-order valence-electron chi connectivity index (χ0n) is 17.1. The number of fused-ring (bicyclic) bond motifs is 1. The maximum Gasteiger partial charge on any atom is 0.264 e. The number of carbonyl (C=O) groups is 1. The smallest absolute Gasteiger partial charge is 0.264 e. The number of carbonyl (C=O) groups excluding carboxylic acids is 1. The van der Waals surface area contributed by atoms with Gasteiger partial charge in [0.1, 0.15) is 10.6 Å². The number of aromatic nitrogens is 3. The summed E-state index contributed by atoms with van der Waals surface area (Å²) in [6.45, 7) is 5.65. The van der Waals surface area contributed by atoms with Crippen LogP contribution in [0.2, 0.25) is 0 Å². The molecule has 160 valence electrons. The van der Waals surface area contributed by atoms with E-state index >= 15 is 0 Å². The molecule has 0 N–H and O–H groups in total. The Balaban J connectivity index is 1.35. The second kappa shape index (κ2) is 8.39. The van der Waals surface area contributed by atoms with Gasteiger partial charge in [-0.1, -0.05) is 12.1 Å². The van der Waals surface area contributed by atoms with Gasteiger partial charge in [0.15, 0.2) is 5.13 Å². The van der Waals surface area contributed by atoms with Gasteiger partial charge in [0.05, 0.1) is 17.1 Å². The molecule has 5 rings (SSSR count). The molecule has 31 heavy (non-hydrogen) atoms. The van der Waals surface area contributed by atoms with Gasteiger partial charge in [-0.15, -0.1) is 22.7 Å². The molecule has 0 aliphatic carbocycles. The zero-order valence-corrected chi connectivity index (χ0v) is 18.8. The van der Waals surface area contributed by atoms with Crippen molar-refractivity contribution in [3.8, 4) is 0 Å². The summed E-state index contributed by atoms with van der Waals surface area (Å²) in [6.07, 6.45) is 2.75. The normalized spacial score (nSPS) is 14.9. The van der Waals surface area contributed by atoms with Gasteiger partial charge in [-0.3, -0.25) is 9.48 Å². The van der Waals surface area contributed by atoms with E-state index in [9.17, 15) is 9.18 Å². The van der Waals surface area contributed by atoms with Crippen molar-refractivity contribution in [2.24, 2.45) is 0 Å². The molecule has 4 heterocycles. The standard InChI is InChI=1S/C22H22FN5OS2/c1-15-18-13-19(31-21(18)28(25-15)14-16-3-5-17(23)6-4-16)20(29)26-8-2-9-27(11-10-26)22-24-7-12-30-22/h3-7,12-13H,2,8-11,14H2,1H3. The summed E-state index contributed by atoms with van der Waals surface area (Å²) in [4.78, 5) is 23.6. The highest BCUT2D eigenvalue weighted by molar-refractivity contribution is 7.20. The van der Waals surface area contributed by atoms with Crippen molar-refractivity contribution >= 4 is 43.9 Å². The van der Waals surface area contributed by atoms with Gasteiger partial charge in [0, 0.05) is 43.1 Å². The molecular weight excluding hydrogens is 433 g/mol. The summed E-state index contributed by atoms with van der Waals surface area (Å²) in [6, 6.07) is 8.42. The number of halogens is 1. The molecular formula is C22H22FN5OS2. The molecule has 1 fully saturated rings. The van der Waals surface area contributed by atoms with E-state index in [0.717, 1.165) is 57.5 Å². The lowest BCUT2D eigenvalue weighted by molar-refractivity contribution is 0.0772. The molecule has 9 heteroatoms. The Morgan fingerprint density at radius 2 is 2.00 bits per heavy atom. The molecule has 3 aromatic heterocycles. The minimum Gasteiger partial charge on any atom is -0.346 e. The van der Waals surface area contributed by atoms with Crippen LogP contribution in [-0.4, -0.2) is 51.8 Å². The average Bonchev–Trinajstić information content (AvgIpc) is 3.46. The molecule has 0 atom stereocenters. The quantitative estimate of drug-likeness (QED) is 0.458. The van der Waals surface area contributed by atoms with Crippen molar-refractivity contribution < 1.29 is 9.18 Å². The SMILES string of the molecule is Cc1nn(Cc2ccc(F)cc2)c2sc(C(=O)N3CCCN(c4nccs4)CC3)cc12. The molecule has 1 saturated heterocycles. The fourth-order valence-electron chi connectivity index (χ4n) is 3.93. The van der Waals surface area contributed by atoms with E-state index < -0.39 is 0 Å². The molecule has 4 aromatic rings. The molecule has 1 aliphatic heterocycles. The predicted octanol–water partition coefficient (Wildman–Crippen LogP) is 4.40. The fourth-order valence-corrected chi connectivity index (χ4v) is 5.75. The Bertz CT molecular complexity index is 1200. The highest BCUT2D eigenvalue weighted by Gasteiger charge is 2.24. The topological polar surface area (TPSA) is 54.3 Å². The first-order chi connectivity index (χ1) is 15.1. The number of aryl methyl sites for hydroxylation is 1. The maximum absolute atomic E-state index is 13.3. The number of thiophene rings is 1. The van der Waals surface area contributed by atoms with Gasteiger partial charge in [0.25, 0.3) is 5.91 Å². The summed E-state index contributed by atoms with van der Waals surface area (Å²) >= 11 is 3.12. The van der Waals surface area contributed by atoms with Crippen molar-refractivity contribution in [1.82, 2.24) is 19.7 Å². The van der Waals surface area contributed by atoms with Gasteiger partial charge in [-0.05, 0) is 37.1 Å². The summed E-state index contributed by atoms with van der Waals surface area (Å²) in [7, 11) is 0. The van der Waals surface area contributed by atoms with Gasteiger partial charge < -0.3 is 9.80 Å². The monoisotopic (exact) mass is 455 g/mol. The molecule has 0 saturated carbocycles. The molecule has 6 nitrogen and oxygen atoms in total. The minimum atomic E-state index is -0.250. The first-order valence-corrected chi connectivity index (χ1v) is 11.9. The van der Waals surface area contributed by atoms with Crippen molar-refractivity contribution in [2.45, 2.75) is 19.9 Å². The van der Waals surface area contributed by atoms with Crippen molar-refractivity contribution in [3.05, 3.63) is 63.9 Å². The third-order valence-electron chi connectivity index (χ3n) is 5.54. The Hall–Kier alpha value is -2.78. The van der Waals surface area contributed by atoms with Crippen molar-refractivity contribution in [1.29, 1.82) is 0 Å². The van der Waals surface area contributed by atoms with Crippen LogP contribution in [0.5, 0.6) is 0 Å². The van der Waals surface area contributed by atoms with E-state index in [1.54, 1.807) is 23.5 Å². The largest absolute Gasteiger partial charge is 0.346 e. The number of nitrogens with zero attached hydrogens (tertiary/aromatic N) is 5. The molecule has 0 bridgehead atoms. The van der Waals surface area contributed by atoms with E-state index in [2.05, 4.69) is 15.0 Å². The second-order valence-corrected chi connectivity index (χ2v) is 9.55. The highest BCUT2D eigenvalue weighted by Crippen LogP contribution is 2.30. The van der Waals surface area contributed by atoms with Crippen LogP contribution in [0.4, 0.5) is 9.52 Å². The average molecular weight is 456 g/mol.